The number of likely N-dealkylation sites (N-methyl/N-ethyl adjacent to an activating group) is 1. The number of fused-ring (bicyclic) bond motifs is 1. The van der Waals surface area contributed by atoms with E-state index in [-0.39, 0.29) is 10.9 Å². The van der Waals surface area contributed by atoms with Crippen LogP contribution in [-0.4, -0.2) is 44.0 Å². The first kappa shape index (κ1) is 21.1. The molecule has 1 aliphatic heterocycles. The van der Waals surface area contributed by atoms with Crippen LogP contribution in [0.2, 0.25) is 5.02 Å². The summed E-state index contributed by atoms with van der Waals surface area (Å²) in [6.07, 6.45) is 3.59. The number of nitrogens with zero attached hydrogens (tertiary/aromatic N) is 2. The predicted molar refractivity (Wildman–Crippen MR) is 122 cm³/mol. The Morgan fingerprint density at radius 1 is 1.17 bits per heavy atom. The van der Waals surface area contributed by atoms with Crippen LogP contribution in [0.25, 0.3) is 10.9 Å². The molecule has 2 N–H and O–H groups in total. The second-order valence-electron chi connectivity index (χ2n) is 7.52. The zero-order chi connectivity index (χ0) is 21.1. The zero-order valence-electron chi connectivity index (χ0n) is 16.8. The van der Waals surface area contributed by atoms with Gasteiger partial charge in [0.05, 0.1) is 10.4 Å². The fraction of sp³-hybridized carbons (Fsp3) is 0.318. The zero-order valence-corrected chi connectivity index (χ0v) is 18.4. The Labute approximate surface area is 182 Å². The number of sulfonamides is 1. The molecule has 3 aromatic rings. The van der Waals surface area contributed by atoms with E-state index in [0.29, 0.717) is 5.02 Å². The summed E-state index contributed by atoms with van der Waals surface area (Å²) in [6.45, 7) is 4.83. The van der Waals surface area contributed by atoms with Gasteiger partial charge in [-0.3, -0.25) is 4.98 Å². The fourth-order valence-electron chi connectivity index (χ4n) is 3.83. The largest absolute Gasteiger partial charge is 0.355 e. The van der Waals surface area contributed by atoms with Crippen LogP contribution in [0.15, 0.2) is 59.6 Å². The highest BCUT2D eigenvalue weighted by Crippen LogP contribution is 2.27. The number of aromatic nitrogens is 1. The normalized spacial score (nSPS) is 17.9. The number of pyridine rings is 1. The highest BCUT2D eigenvalue weighted by atomic mass is 35.5. The van der Waals surface area contributed by atoms with Crippen LogP contribution < -0.4 is 10.0 Å². The molecule has 0 saturated carbocycles. The van der Waals surface area contributed by atoms with Crippen LogP contribution in [0.1, 0.15) is 19.8 Å². The summed E-state index contributed by atoms with van der Waals surface area (Å²) in [6, 6.07) is 14.2. The van der Waals surface area contributed by atoms with Gasteiger partial charge in [-0.1, -0.05) is 18.5 Å². The summed E-state index contributed by atoms with van der Waals surface area (Å²) in [5.74, 6) is 0. The molecule has 2 heterocycles. The van der Waals surface area contributed by atoms with Crippen molar-refractivity contribution in [3.8, 4) is 0 Å². The van der Waals surface area contributed by atoms with Gasteiger partial charge in [-0.2, -0.15) is 0 Å². The van der Waals surface area contributed by atoms with Crippen LogP contribution in [0.4, 0.5) is 11.4 Å². The minimum Gasteiger partial charge on any atom is -0.355 e. The van der Waals surface area contributed by atoms with Crippen molar-refractivity contribution < 1.29 is 8.42 Å². The molecule has 1 atom stereocenters. The van der Waals surface area contributed by atoms with Crippen LogP contribution in [-0.2, 0) is 10.0 Å². The lowest BCUT2D eigenvalue weighted by Crippen LogP contribution is -2.47. The molecular formula is C22H25ClN4O2S. The molecule has 1 aromatic heterocycles. The third-order valence-corrected chi connectivity index (χ3v) is 7.19. The number of hydrogen-bond acceptors (Lipinski definition) is 5. The first-order valence-corrected chi connectivity index (χ1v) is 12.0. The summed E-state index contributed by atoms with van der Waals surface area (Å²) in [5.41, 5.74) is 2.47. The van der Waals surface area contributed by atoms with E-state index < -0.39 is 10.0 Å². The van der Waals surface area contributed by atoms with Crippen molar-refractivity contribution in [1.29, 1.82) is 0 Å². The number of benzene rings is 2. The Balaban J connectivity index is 1.49. The summed E-state index contributed by atoms with van der Waals surface area (Å²) < 4.78 is 28.5. The summed E-state index contributed by atoms with van der Waals surface area (Å²) >= 11 is 6.05. The van der Waals surface area contributed by atoms with Gasteiger partial charge in [0.25, 0.3) is 0 Å². The number of likely N-dealkylation sites (tertiary alicyclic amines) is 1. The molecule has 1 aliphatic rings. The van der Waals surface area contributed by atoms with Crippen molar-refractivity contribution in [2.45, 2.75) is 30.7 Å². The Morgan fingerprint density at radius 2 is 1.97 bits per heavy atom. The van der Waals surface area contributed by atoms with Gasteiger partial charge in [-0.25, -0.2) is 13.1 Å². The van der Waals surface area contributed by atoms with Gasteiger partial charge in [0.2, 0.25) is 10.0 Å². The van der Waals surface area contributed by atoms with Gasteiger partial charge in [-0.05, 0) is 74.5 Å². The van der Waals surface area contributed by atoms with E-state index in [2.05, 4.69) is 26.8 Å². The van der Waals surface area contributed by atoms with Crippen molar-refractivity contribution in [3.05, 3.63) is 59.8 Å². The second kappa shape index (κ2) is 8.89. The maximum Gasteiger partial charge on any atom is 0.240 e. The number of halogens is 1. The molecule has 0 radical (unpaired) electrons. The number of hydrogen-bond donors (Lipinski definition) is 2. The van der Waals surface area contributed by atoms with Crippen molar-refractivity contribution in [3.63, 3.8) is 0 Å². The highest BCUT2D eigenvalue weighted by Gasteiger charge is 2.24. The van der Waals surface area contributed by atoms with E-state index in [1.807, 2.05) is 24.3 Å². The Morgan fingerprint density at radius 3 is 2.73 bits per heavy atom. The topological polar surface area (TPSA) is 74.3 Å². The average molecular weight is 445 g/mol. The van der Waals surface area contributed by atoms with Crippen LogP contribution in [0.3, 0.4) is 0 Å². The van der Waals surface area contributed by atoms with Gasteiger partial charge in [0.1, 0.15) is 0 Å². The summed E-state index contributed by atoms with van der Waals surface area (Å²) in [7, 11) is -3.55. The first-order chi connectivity index (χ1) is 14.4. The average Bonchev–Trinajstić information content (AvgIpc) is 2.74. The van der Waals surface area contributed by atoms with E-state index in [1.54, 1.807) is 30.5 Å². The monoisotopic (exact) mass is 444 g/mol. The standard InChI is InChI=1S/C22H25ClN4O2S/c1-2-27-13-3-4-18(15-27)26-30(28,29)19-8-6-17(7-9-19)25-21-11-12-24-22-14-16(23)5-10-20(21)22/h5-12,14,18,26H,2-4,13,15H2,1H3,(H,24,25). The minimum absolute atomic E-state index is 0.0449. The molecule has 158 valence electrons. The van der Waals surface area contributed by atoms with Crippen molar-refractivity contribution in [1.82, 2.24) is 14.6 Å². The quantitative estimate of drug-likeness (QED) is 0.589. The molecular weight excluding hydrogens is 420 g/mol. The van der Waals surface area contributed by atoms with Gasteiger partial charge in [0.15, 0.2) is 0 Å². The number of nitrogens with one attached hydrogen (secondary N) is 2. The molecule has 0 bridgehead atoms. The van der Waals surface area contributed by atoms with Crippen molar-refractivity contribution in [2.24, 2.45) is 0 Å². The lowest BCUT2D eigenvalue weighted by molar-refractivity contribution is 0.211. The third-order valence-electron chi connectivity index (χ3n) is 5.42. The molecule has 1 saturated heterocycles. The Kier molecular flexibility index (Phi) is 6.24. The van der Waals surface area contributed by atoms with Crippen LogP contribution in [0, 0.1) is 0 Å². The van der Waals surface area contributed by atoms with Crippen LogP contribution >= 0.6 is 11.6 Å². The van der Waals surface area contributed by atoms with Gasteiger partial charge in [0, 0.05) is 40.6 Å². The van der Waals surface area contributed by atoms with Crippen molar-refractivity contribution in [2.75, 3.05) is 25.0 Å². The van der Waals surface area contributed by atoms with Crippen LogP contribution in [0.5, 0.6) is 0 Å². The molecule has 0 amide bonds. The maximum absolute atomic E-state index is 12.8. The molecule has 4 rings (SSSR count). The van der Waals surface area contributed by atoms with Gasteiger partial charge in [-0.15, -0.1) is 0 Å². The highest BCUT2D eigenvalue weighted by molar-refractivity contribution is 7.89. The second-order valence-corrected chi connectivity index (χ2v) is 9.67. The fourth-order valence-corrected chi connectivity index (χ4v) is 5.26. The number of anilines is 2. The van der Waals surface area contributed by atoms with E-state index in [9.17, 15) is 8.42 Å². The Hall–Kier alpha value is -2.19. The predicted octanol–water partition coefficient (Wildman–Crippen LogP) is 4.39. The van der Waals surface area contributed by atoms with Crippen molar-refractivity contribution >= 4 is 43.9 Å². The molecule has 6 nitrogen and oxygen atoms in total. The van der Waals surface area contributed by atoms with E-state index >= 15 is 0 Å². The first-order valence-electron chi connectivity index (χ1n) is 10.1. The molecule has 2 aromatic carbocycles. The molecule has 0 spiro atoms. The third kappa shape index (κ3) is 4.75. The van der Waals surface area contributed by atoms with Gasteiger partial charge < -0.3 is 10.2 Å². The van der Waals surface area contributed by atoms with E-state index in [1.165, 1.54) is 0 Å². The SMILES string of the molecule is CCN1CCCC(NS(=O)(=O)c2ccc(Nc3ccnc4cc(Cl)ccc34)cc2)C1. The molecule has 30 heavy (non-hydrogen) atoms. The Bertz CT molecular complexity index is 1140. The van der Waals surface area contributed by atoms with Gasteiger partial charge >= 0.3 is 0 Å². The summed E-state index contributed by atoms with van der Waals surface area (Å²) in [5, 5.41) is 4.91. The summed E-state index contributed by atoms with van der Waals surface area (Å²) in [4.78, 5) is 6.89. The molecule has 0 aliphatic carbocycles. The van der Waals surface area contributed by atoms with E-state index in [0.717, 1.165) is 54.8 Å². The smallest absolute Gasteiger partial charge is 0.240 e. The minimum atomic E-state index is -3.55. The number of rotatable bonds is 6. The lowest BCUT2D eigenvalue weighted by Gasteiger charge is -2.32. The molecule has 8 heteroatoms. The molecule has 1 unspecified atom stereocenters. The maximum atomic E-state index is 12.8. The van der Waals surface area contributed by atoms with E-state index in [4.69, 9.17) is 11.6 Å². The number of piperidine rings is 1. The lowest BCUT2D eigenvalue weighted by atomic mass is 10.1. The molecule has 1 fully saturated rings.